The van der Waals surface area contributed by atoms with Crippen molar-refractivity contribution in [3.05, 3.63) is 72.1 Å². The maximum absolute atomic E-state index is 12.3. The second-order valence-corrected chi connectivity index (χ2v) is 7.56. The van der Waals surface area contributed by atoms with Crippen LogP contribution in [0.25, 0.3) is 5.57 Å². The Hall–Kier alpha value is -2.46. The first kappa shape index (κ1) is 17.9. The second kappa shape index (κ2) is 8.49. The van der Waals surface area contributed by atoms with Gasteiger partial charge in [0, 0.05) is 37.6 Å². The van der Waals surface area contributed by atoms with Crippen molar-refractivity contribution in [2.24, 2.45) is 0 Å². The highest BCUT2D eigenvalue weighted by Gasteiger charge is 2.27. The molecule has 0 unspecified atom stereocenters. The Bertz CT molecular complexity index is 780. The lowest BCUT2D eigenvalue weighted by molar-refractivity contribution is 0.0906. The molecule has 1 aliphatic carbocycles. The normalized spacial score (nSPS) is 23.5. The smallest absolute Gasteiger partial charge is 0.253 e. The zero-order chi connectivity index (χ0) is 18.5. The fourth-order valence-corrected chi connectivity index (χ4v) is 4.28. The third kappa shape index (κ3) is 4.45. The van der Waals surface area contributed by atoms with Gasteiger partial charge in [0.25, 0.3) is 5.91 Å². The van der Waals surface area contributed by atoms with Crippen LogP contribution < -0.4 is 5.32 Å². The first-order valence-electron chi connectivity index (χ1n) is 9.99. The molecule has 2 heterocycles. The van der Waals surface area contributed by atoms with E-state index in [1.54, 1.807) is 18.5 Å². The zero-order valence-corrected chi connectivity index (χ0v) is 15.7. The van der Waals surface area contributed by atoms with Gasteiger partial charge >= 0.3 is 0 Å². The van der Waals surface area contributed by atoms with Gasteiger partial charge in [0.15, 0.2) is 0 Å². The van der Waals surface area contributed by atoms with Crippen LogP contribution in [0.5, 0.6) is 0 Å². The molecular weight excluding hydrogens is 334 g/mol. The van der Waals surface area contributed by atoms with Crippen LogP contribution in [0.4, 0.5) is 0 Å². The van der Waals surface area contributed by atoms with Gasteiger partial charge in [-0.3, -0.25) is 14.7 Å². The molecule has 1 N–H and O–H groups in total. The highest BCUT2D eigenvalue weighted by Crippen LogP contribution is 2.28. The Morgan fingerprint density at radius 3 is 2.52 bits per heavy atom. The molecule has 27 heavy (non-hydrogen) atoms. The van der Waals surface area contributed by atoms with Crippen LogP contribution in [0.3, 0.4) is 0 Å². The number of rotatable bonds is 4. The predicted octanol–water partition coefficient (Wildman–Crippen LogP) is 3.91. The number of amides is 1. The Kier molecular flexibility index (Phi) is 5.64. The summed E-state index contributed by atoms with van der Waals surface area (Å²) in [4.78, 5) is 18.9. The Morgan fingerprint density at radius 2 is 1.85 bits per heavy atom. The number of carbonyl (C=O) groups is 1. The standard InChI is InChI=1S/C23H27N3O/c27-23(20-7-4-14-24-17-20)25-21-8-10-22(11-9-21)26-15-12-19(13-16-26)18-5-2-1-3-6-18/h1-7,12,14,17,21-22H,8-11,13,15-16H2,(H,25,27). The lowest BCUT2D eigenvalue weighted by Gasteiger charge is -2.38. The van der Waals surface area contributed by atoms with E-state index < -0.39 is 0 Å². The zero-order valence-electron chi connectivity index (χ0n) is 15.7. The molecule has 1 aliphatic heterocycles. The highest BCUT2D eigenvalue weighted by atomic mass is 16.1. The molecule has 1 amide bonds. The molecule has 1 aromatic carbocycles. The number of pyridine rings is 1. The third-order valence-electron chi connectivity index (χ3n) is 5.86. The van der Waals surface area contributed by atoms with Gasteiger partial charge in [0.05, 0.1) is 5.56 Å². The van der Waals surface area contributed by atoms with Crippen LogP contribution in [0.15, 0.2) is 60.9 Å². The van der Waals surface area contributed by atoms with E-state index in [4.69, 9.17) is 0 Å². The third-order valence-corrected chi connectivity index (χ3v) is 5.86. The quantitative estimate of drug-likeness (QED) is 0.898. The molecule has 1 aromatic heterocycles. The van der Waals surface area contributed by atoms with Crippen LogP contribution in [0, 0.1) is 0 Å². The SMILES string of the molecule is O=C(NC1CCC(N2CC=C(c3ccccc3)CC2)CC1)c1cccnc1. The lowest BCUT2D eigenvalue weighted by atomic mass is 9.88. The van der Waals surface area contributed by atoms with E-state index in [9.17, 15) is 4.79 Å². The van der Waals surface area contributed by atoms with Gasteiger partial charge in [0.2, 0.25) is 0 Å². The fraction of sp³-hybridized carbons (Fsp3) is 0.391. The van der Waals surface area contributed by atoms with Crippen LogP contribution in [-0.4, -0.2) is 41.0 Å². The molecule has 4 rings (SSSR count). The van der Waals surface area contributed by atoms with Crippen molar-refractivity contribution >= 4 is 11.5 Å². The molecule has 140 valence electrons. The summed E-state index contributed by atoms with van der Waals surface area (Å²) in [5, 5.41) is 3.18. The lowest BCUT2D eigenvalue weighted by Crippen LogP contribution is -2.45. The largest absolute Gasteiger partial charge is 0.349 e. The molecule has 1 fully saturated rings. The maximum Gasteiger partial charge on any atom is 0.253 e. The van der Waals surface area contributed by atoms with Gasteiger partial charge < -0.3 is 5.32 Å². The summed E-state index contributed by atoms with van der Waals surface area (Å²) in [6.07, 6.45) is 11.3. The fourth-order valence-electron chi connectivity index (χ4n) is 4.28. The molecule has 1 saturated carbocycles. The van der Waals surface area contributed by atoms with Crippen molar-refractivity contribution in [2.45, 2.75) is 44.2 Å². The summed E-state index contributed by atoms with van der Waals surface area (Å²) < 4.78 is 0. The number of nitrogens with zero attached hydrogens (tertiary/aromatic N) is 2. The number of carbonyl (C=O) groups excluding carboxylic acids is 1. The van der Waals surface area contributed by atoms with Crippen LogP contribution >= 0.6 is 0 Å². The number of benzene rings is 1. The van der Waals surface area contributed by atoms with Crippen molar-refractivity contribution in [1.82, 2.24) is 15.2 Å². The van der Waals surface area contributed by atoms with Gasteiger partial charge in [-0.25, -0.2) is 0 Å². The van der Waals surface area contributed by atoms with Gasteiger partial charge in [0.1, 0.15) is 0 Å². The molecular formula is C23H27N3O. The first-order valence-corrected chi connectivity index (χ1v) is 9.99. The van der Waals surface area contributed by atoms with E-state index in [0.717, 1.165) is 45.2 Å². The Labute approximate surface area is 161 Å². The van der Waals surface area contributed by atoms with Crippen molar-refractivity contribution in [3.8, 4) is 0 Å². The van der Waals surface area contributed by atoms with Crippen LogP contribution in [-0.2, 0) is 0 Å². The van der Waals surface area contributed by atoms with E-state index in [2.05, 4.69) is 51.6 Å². The summed E-state index contributed by atoms with van der Waals surface area (Å²) >= 11 is 0. The summed E-state index contributed by atoms with van der Waals surface area (Å²) in [5.41, 5.74) is 3.48. The van der Waals surface area contributed by atoms with E-state index in [-0.39, 0.29) is 11.9 Å². The minimum atomic E-state index is -0.0000382. The topological polar surface area (TPSA) is 45.2 Å². The van der Waals surface area contributed by atoms with E-state index in [0.29, 0.717) is 11.6 Å². The summed E-state index contributed by atoms with van der Waals surface area (Å²) in [6, 6.07) is 15.3. The summed E-state index contributed by atoms with van der Waals surface area (Å²) in [7, 11) is 0. The minimum Gasteiger partial charge on any atom is -0.349 e. The molecule has 0 bridgehead atoms. The molecule has 0 atom stereocenters. The average Bonchev–Trinajstić information content (AvgIpc) is 2.76. The second-order valence-electron chi connectivity index (χ2n) is 7.56. The molecule has 0 saturated heterocycles. The molecule has 4 nitrogen and oxygen atoms in total. The Balaban J connectivity index is 1.26. The van der Waals surface area contributed by atoms with Crippen LogP contribution in [0.2, 0.25) is 0 Å². The molecule has 2 aliphatic rings. The van der Waals surface area contributed by atoms with E-state index >= 15 is 0 Å². The maximum atomic E-state index is 12.3. The van der Waals surface area contributed by atoms with Crippen molar-refractivity contribution < 1.29 is 4.79 Å². The molecule has 0 radical (unpaired) electrons. The van der Waals surface area contributed by atoms with E-state index in [1.165, 1.54) is 11.1 Å². The van der Waals surface area contributed by atoms with Crippen molar-refractivity contribution in [3.63, 3.8) is 0 Å². The van der Waals surface area contributed by atoms with Crippen LogP contribution in [0.1, 0.15) is 48.0 Å². The summed E-state index contributed by atoms with van der Waals surface area (Å²) in [5.74, 6) is -0.0000382. The number of hydrogen-bond donors (Lipinski definition) is 1. The minimum absolute atomic E-state index is 0.0000382. The molecule has 4 heteroatoms. The molecule has 2 aromatic rings. The highest BCUT2D eigenvalue weighted by molar-refractivity contribution is 5.94. The monoisotopic (exact) mass is 361 g/mol. The number of nitrogens with one attached hydrogen (secondary N) is 1. The van der Waals surface area contributed by atoms with Crippen molar-refractivity contribution in [1.29, 1.82) is 0 Å². The van der Waals surface area contributed by atoms with Gasteiger partial charge in [-0.1, -0.05) is 36.4 Å². The number of hydrogen-bond acceptors (Lipinski definition) is 3. The van der Waals surface area contributed by atoms with Crippen molar-refractivity contribution in [2.75, 3.05) is 13.1 Å². The van der Waals surface area contributed by atoms with E-state index in [1.807, 2.05) is 6.07 Å². The van der Waals surface area contributed by atoms with Gasteiger partial charge in [-0.05, 0) is 55.4 Å². The van der Waals surface area contributed by atoms with Gasteiger partial charge in [-0.15, -0.1) is 0 Å². The average molecular weight is 361 g/mol. The van der Waals surface area contributed by atoms with Gasteiger partial charge in [-0.2, -0.15) is 0 Å². The summed E-state index contributed by atoms with van der Waals surface area (Å²) in [6.45, 7) is 2.18. The number of aromatic nitrogens is 1. The first-order chi connectivity index (χ1) is 13.3. The predicted molar refractivity (Wildman–Crippen MR) is 108 cm³/mol. The Morgan fingerprint density at radius 1 is 1.04 bits per heavy atom. The molecule has 0 spiro atoms.